The van der Waals surface area contributed by atoms with Crippen LogP contribution < -0.4 is 10.3 Å². The molecular formula is C26H24N4O2S2. The van der Waals surface area contributed by atoms with E-state index in [0.29, 0.717) is 11.7 Å². The molecule has 1 aliphatic carbocycles. The smallest absolute Gasteiger partial charge is 0.268 e. The van der Waals surface area contributed by atoms with Gasteiger partial charge in [0.1, 0.15) is 10.6 Å². The minimum absolute atomic E-state index is 0.000876. The third-order valence-electron chi connectivity index (χ3n) is 6.51. The molecule has 0 aliphatic heterocycles. The maximum Gasteiger partial charge on any atom is 0.268 e. The van der Waals surface area contributed by atoms with Crippen molar-refractivity contribution in [3.63, 3.8) is 0 Å². The van der Waals surface area contributed by atoms with Crippen molar-refractivity contribution < 1.29 is 4.74 Å². The van der Waals surface area contributed by atoms with Crippen LogP contribution in [0.2, 0.25) is 0 Å². The third kappa shape index (κ3) is 3.44. The van der Waals surface area contributed by atoms with Crippen molar-refractivity contribution in [3.05, 3.63) is 81.0 Å². The van der Waals surface area contributed by atoms with Crippen LogP contribution in [0.1, 0.15) is 41.7 Å². The number of aromatic nitrogens is 4. The Balaban J connectivity index is 1.56. The quantitative estimate of drug-likeness (QED) is 0.291. The Kier molecular flexibility index (Phi) is 5.42. The average Bonchev–Trinajstić information content (AvgIpc) is 3.46. The lowest BCUT2D eigenvalue weighted by atomic mass is 9.88. The number of hydrogen-bond acceptors (Lipinski definition) is 6. The van der Waals surface area contributed by atoms with Crippen LogP contribution in [0.5, 0.6) is 5.75 Å². The molecule has 3 heterocycles. The molecule has 6 rings (SSSR count). The van der Waals surface area contributed by atoms with Crippen LogP contribution in [-0.2, 0) is 12.2 Å². The molecule has 5 aromatic rings. The topological polar surface area (TPSA) is 61.4 Å². The number of para-hydroxylation sites is 1. The van der Waals surface area contributed by atoms with Crippen LogP contribution in [0.25, 0.3) is 21.7 Å². The Bertz CT molecular complexity index is 1550. The molecule has 0 amide bonds. The van der Waals surface area contributed by atoms with Crippen molar-refractivity contribution in [1.82, 2.24) is 19.2 Å². The van der Waals surface area contributed by atoms with E-state index in [-0.39, 0.29) is 5.56 Å². The summed E-state index contributed by atoms with van der Waals surface area (Å²) in [5, 5.41) is 10.7. The lowest BCUT2D eigenvalue weighted by Crippen LogP contribution is -2.22. The van der Waals surface area contributed by atoms with E-state index in [1.165, 1.54) is 16.0 Å². The van der Waals surface area contributed by atoms with Crippen LogP contribution in [-0.4, -0.2) is 26.3 Å². The van der Waals surface area contributed by atoms with E-state index in [0.717, 1.165) is 51.8 Å². The molecule has 0 fully saturated rings. The zero-order valence-corrected chi connectivity index (χ0v) is 20.7. The summed E-state index contributed by atoms with van der Waals surface area (Å²) < 4.78 is 9.09. The lowest BCUT2D eigenvalue weighted by molar-refractivity contribution is 0.414. The highest BCUT2D eigenvalue weighted by Gasteiger charge is 2.28. The van der Waals surface area contributed by atoms with Gasteiger partial charge in [0.2, 0.25) is 5.78 Å². The third-order valence-corrected chi connectivity index (χ3v) is 8.77. The molecule has 34 heavy (non-hydrogen) atoms. The Morgan fingerprint density at radius 3 is 2.68 bits per heavy atom. The zero-order chi connectivity index (χ0) is 23.2. The molecule has 6 nitrogen and oxygen atoms in total. The molecule has 0 unspecified atom stereocenters. The van der Waals surface area contributed by atoms with Gasteiger partial charge >= 0.3 is 0 Å². The summed E-state index contributed by atoms with van der Waals surface area (Å²) in [4.78, 5) is 16.2. The predicted molar refractivity (Wildman–Crippen MR) is 138 cm³/mol. The number of benzene rings is 2. The number of aryl methyl sites for hydroxylation is 1. The Morgan fingerprint density at radius 1 is 1.12 bits per heavy atom. The zero-order valence-electron chi connectivity index (χ0n) is 19.0. The maximum atomic E-state index is 13.9. The second-order valence-electron chi connectivity index (χ2n) is 8.64. The largest absolute Gasteiger partial charge is 0.497 e. The van der Waals surface area contributed by atoms with Crippen molar-refractivity contribution in [3.8, 4) is 11.4 Å². The van der Waals surface area contributed by atoms with E-state index in [9.17, 15) is 4.79 Å². The number of methoxy groups -OCH3 is 1. The predicted octanol–water partition coefficient (Wildman–Crippen LogP) is 5.84. The monoisotopic (exact) mass is 488 g/mol. The number of nitrogens with zero attached hydrogens (tertiary/aromatic N) is 4. The molecule has 3 aromatic heterocycles. The Morgan fingerprint density at radius 2 is 1.91 bits per heavy atom. The molecule has 0 N–H and O–H groups in total. The summed E-state index contributed by atoms with van der Waals surface area (Å²) >= 11 is 3.37. The maximum absolute atomic E-state index is 13.9. The molecule has 0 saturated heterocycles. The van der Waals surface area contributed by atoms with Crippen molar-refractivity contribution in [2.75, 3.05) is 7.11 Å². The van der Waals surface area contributed by atoms with Crippen LogP contribution in [0.4, 0.5) is 0 Å². The molecule has 2 aromatic carbocycles. The van der Waals surface area contributed by atoms with E-state index in [1.807, 2.05) is 42.5 Å². The SMILES string of the molecule is COc1ccc(CSc2nnc3n(-c4ccccc4)c(=O)c4c5c(sc4n23)CCC[C@@H]5C)cc1. The van der Waals surface area contributed by atoms with E-state index in [1.54, 1.807) is 34.8 Å². The average molecular weight is 489 g/mol. The number of thiophene rings is 1. The van der Waals surface area contributed by atoms with E-state index in [4.69, 9.17) is 4.74 Å². The molecule has 1 aliphatic rings. The number of rotatable bonds is 5. The highest BCUT2D eigenvalue weighted by molar-refractivity contribution is 7.98. The molecule has 172 valence electrons. The van der Waals surface area contributed by atoms with Crippen molar-refractivity contribution in [2.24, 2.45) is 0 Å². The van der Waals surface area contributed by atoms with Crippen LogP contribution in [0, 0.1) is 0 Å². The van der Waals surface area contributed by atoms with Gasteiger partial charge in [0.05, 0.1) is 18.2 Å². The van der Waals surface area contributed by atoms with Gasteiger partial charge in [-0.1, -0.05) is 49.0 Å². The standard InChI is InChI=1S/C26H24N4O2S2/c1-16-7-6-10-20-21(16)22-23(31)29(18-8-4-3-5-9-18)25-27-28-26(30(25)24(22)34-20)33-15-17-11-13-19(32-2)14-12-17/h3-5,8-9,11-14,16H,6-7,10,15H2,1-2H3/t16-/m0/s1. The fraction of sp³-hybridized carbons (Fsp3) is 0.269. The van der Waals surface area contributed by atoms with Crippen LogP contribution >= 0.6 is 23.1 Å². The van der Waals surface area contributed by atoms with Gasteiger partial charge in [0.25, 0.3) is 5.56 Å². The lowest BCUT2D eigenvalue weighted by Gasteiger charge is -2.18. The minimum atomic E-state index is -0.000876. The molecule has 0 spiro atoms. The summed E-state index contributed by atoms with van der Waals surface area (Å²) in [6.07, 6.45) is 3.31. The van der Waals surface area contributed by atoms with Gasteiger partial charge in [-0.2, -0.15) is 0 Å². The van der Waals surface area contributed by atoms with Gasteiger partial charge in [0, 0.05) is 10.6 Å². The second-order valence-corrected chi connectivity index (χ2v) is 10.7. The number of thioether (sulfide) groups is 1. The van der Waals surface area contributed by atoms with E-state index < -0.39 is 0 Å². The Labute approximate surface area is 205 Å². The summed E-state index contributed by atoms with van der Waals surface area (Å²) in [6.45, 7) is 2.24. The van der Waals surface area contributed by atoms with Crippen molar-refractivity contribution in [2.45, 2.75) is 43.0 Å². The second kappa shape index (κ2) is 8.60. The first-order chi connectivity index (χ1) is 16.7. The van der Waals surface area contributed by atoms with Gasteiger partial charge in [0.15, 0.2) is 5.16 Å². The fourth-order valence-electron chi connectivity index (χ4n) is 4.82. The van der Waals surface area contributed by atoms with Crippen LogP contribution in [0.3, 0.4) is 0 Å². The molecule has 0 bridgehead atoms. The summed E-state index contributed by atoms with van der Waals surface area (Å²) in [7, 11) is 1.67. The van der Waals surface area contributed by atoms with Gasteiger partial charge in [-0.3, -0.25) is 4.79 Å². The first kappa shape index (κ1) is 21.4. The van der Waals surface area contributed by atoms with Gasteiger partial charge < -0.3 is 4.74 Å². The summed E-state index contributed by atoms with van der Waals surface area (Å²) in [6, 6.07) is 17.8. The summed E-state index contributed by atoms with van der Waals surface area (Å²) in [5.74, 6) is 2.53. The van der Waals surface area contributed by atoms with Crippen LogP contribution in [0.15, 0.2) is 64.5 Å². The normalized spacial score (nSPS) is 15.6. The highest BCUT2D eigenvalue weighted by atomic mass is 32.2. The molecule has 1 atom stereocenters. The van der Waals surface area contributed by atoms with E-state index >= 15 is 0 Å². The van der Waals surface area contributed by atoms with Crippen molar-refractivity contribution >= 4 is 39.1 Å². The minimum Gasteiger partial charge on any atom is -0.497 e. The molecule has 0 saturated carbocycles. The summed E-state index contributed by atoms with van der Waals surface area (Å²) in [5.41, 5.74) is 3.21. The van der Waals surface area contributed by atoms with Crippen molar-refractivity contribution in [1.29, 1.82) is 0 Å². The van der Waals surface area contributed by atoms with E-state index in [2.05, 4.69) is 33.7 Å². The fourth-order valence-corrected chi connectivity index (χ4v) is 7.22. The Hall–Kier alpha value is -3.10. The number of hydrogen-bond donors (Lipinski definition) is 0. The molecular weight excluding hydrogens is 464 g/mol. The van der Waals surface area contributed by atoms with Gasteiger partial charge in [-0.15, -0.1) is 21.5 Å². The molecule has 0 radical (unpaired) electrons. The highest BCUT2D eigenvalue weighted by Crippen LogP contribution is 2.42. The number of fused-ring (bicyclic) bond motifs is 5. The number of ether oxygens (including phenoxy) is 1. The first-order valence-corrected chi connectivity index (χ1v) is 13.2. The van der Waals surface area contributed by atoms with Gasteiger partial charge in [-0.25, -0.2) is 8.97 Å². The van der Waals surface area contributed by atoms with Gasteiger partial charge in [-0.05, 0) is 60.6 Å². The molecule has 8 heteroatoms. The first-order valence-electron chi connectivity index (χ1n) is 11.4.